The van der Waals surface area contributed by atoms with Gasteiger partial charge >= 0.3 is 0 Å². The van der Waals surface area contributed by atoms with Crippen LogP contribution in [0.3, 0.4) is 0 Å². The minimum Gasteiger partial charge on any atom is -0.369 e. The highest BCUT2D eigenvalue weighted by molar-refractivity contribution is 5.76. The van der Waals surface area contributed by atoms with Gasteiger partial charge in [0.15, 0.2) is 0 Å². The third-order valence-electron chi connectivity index (χ3n) is 1.95. The predicted molar refractivity (Wildman–Crippen MR) is 47.1 cm³/mol. The first-order valence-corrected chi connectivity index (χ1v) is 4.51. The number of hydrogen-bond acceptors (Lipinski definition) is 1. The van der Waals surface area contributed by atoms with E-state index >= 15 is 0 Å². The highest BCUT2D eigenvalue weighted by Gasteiger charge is 2.12. The minimum atomic E-state index is -0.125. The summed E-state index contributed by atoms with van der Waals surface area (Å²) in [7, 11) is 0. The number of carbonyl (C=O) groups excluding carboxylic acids is 1. The van der Waals surface area contributed by atoms with Crippen LogP contribution in [0.4, 0.5) is 0 Å². The maximum Gasteiger partial charge on any atom is 0.220 e. The third kappa shape index (κ3) is 4.82. The lowest BCUT2D eigenvalue weighted by atomic mass is 9.97. The van der Waals surface area contributed by atoms with Gasteiger partial charge in [-0.25, -0.2) is 0 Å². The van der Waals surface area contributed by atoms with Crippen molar-refractivity contribution in [1.29, 1.82) is 0 Å². The SMILES string of the molecule is CCCCC(CCC)C(N)=O. The maximum atomic E-state index is 10.8. The molecule has 2 heteroatoms. The van der Waals surface area contributed by atoms with Gasteiger partial charge in [-0.1, -0.05) is 33.1 Å². The van der Waals surface area contributed by atoms with Gasteiger partial charge in [-0.2, -0.15) is 0 Å². The summed E-state index contributed by atoms with van der Waals surface area (Å²) in [5, 5.41) is 0. The Kier molecular flexibility index (Phi) is 5.90. The molecule has 0 bridgehead atoms. The fourth-order valence-corrected chi connectivity index (χ4v) is 1.23. The van der Waals surface area contributed by atoms with E-state index in [0.717, 1.165) is 32.1 Å². The Balaban J connectivity index is 3.60. The van der Waals surface area contributed by atoms with Crippen LogP contribution in [0.25, 0.3) is 0 Å². The van der Waals surface area contributed by atoms with Crippen molar-refractivity contribution < 1.29 is 4.79 Å². The lowest BCUT2D eigenvalue weighted by molar-refractivity contribution is -0.122. The monoisotopic (exact) mass is 157 g/mol. The van der Waals surface area contributed by atoms with Crippen molar-refractivity contribution in [2.24, 2.45) is 11.7 Å². The van der Waals surface area contributed by atoms with E-state index < -0.39 is 0 Å². The number of rotatable bonds is 6. The Hall–Kier alpha value is -0.530. The Morgan fingerprint density at radius 1 is 1.27 bits per heavy atom. The normalized spacial score (nSPS) is 12.9. The zero-order chi connectivity index (χ0) is 8.69. The van der Waals surface area contributed by atoms with E-state index in [1.807, 2.05) is 0 Å². The molecular formula is C9H19NO. The molecule has 1 amide bonds. The molecule has 11 heavy (non-hydrogen) atoms. The smallest absolute Gasteiger partial charge is 0.220 e. The summed E-state index contributed by atoms with van der Waals surface area (Å²) >= 11 is 0. The van der Waals surface area contributed by atoms with Crippen molar-refractivity contribution in [2.75, 3.05) is 0 Å². The van der Waals surface area contributed by atoms with Crippen LogP contribution in [-0.4, -0.2) is 5.91 Å². The Morgan fingerprint density at radius 2 is 1.91 bits per heavy atom. The van der Waals surface area contributed by atoms with Crippen LogP contribution in [-0.2, 0) is 4.79 Å². The van der Waals surface area contributed by atoms with Crippen molar-refractivity contribution in [2.45, 2.75) is 46.0 Å². The molecule has 0 fully saturated rings. The van der Waals surface area contributed by atoms with E-state index in [-0.39, 0.29) is 11.8 Å². The highest BCUT2D eigenvalue weighted by Crippen LogP contribution is 2.13. The molecule has 0 radical (unpaired) electrons. The lowest BCUT2D eigenvalue weighted by Gasteiger charge is -2.10. The lowest BCUT2D eigenvalue weighted by Crippen LogP contribution is -2.22. The van der Waals surface area contributed by atoms with Crippen molar-refractivity contribution in [3.8, 4) is 0 Å². The number of amides is 1. The van der Waals surface area contributed by atoms with Crippen LogP contribution in [0.15, 0.2) is 0 Å². The van der Waals surface area contributed by atoms with E-state index in [4.69, 9.17) is 5.73 Å². The summed E-state index contributed by atoms with van der Waals surface area (Å²) in [6, 6.07) is 0. The van der Waals surface area contributed by atoms with Crippen LogP contribution < -0.4 is 5.73 Å². The maximum absolute atomic E-state index is 10.8. The quantitative estimate of drug-likeness (QED) is 0.630. The molecular weight excluding hydrogens is 138 g/mol. The molecule has 0 saturated heterocycles. The van der Waals surface area contributed by atoms with Gasteiger partial charge in [-0.3, -0.25) is 4.79 Å². The average Bonchev–Trinajstić information content (AvgIpc) is 1.97. The van der Waals surface area contributed by atoms with Gasteiger partial charge in [0.05, 0.1) is 0 Å². The molecule has 66 valence electrons. The fraction of sp³-hybridized carbons (Fsp3) is 0.889. The first kappa shape index (κ1) is 10.5. The van der Waals surface area contributed by atoms with Crippen molar-refractivity contribution in [1.82, 2.24) is 0 Å². The van der Waals surface area contributed by atoms with Gasteiger partial charge in [-0.05, 0) is 12.8 Å². The van der Waals surface area contributed by atoms with Crippen LogP contribution in [0, 0.1) is 5.92 Å². The van der Waals surface area contributed by atoms with Crippen molar-refractivity contribution in [3.05, 3.63) is 0 Å². The second-order valence-corrected chi connectivity index (χ2v) is 3.03. The highest BCUT2D eigenvalue weighted by atomic mass is 16.1. The summed E-state index contributed by atoms with van der Waals surface area (Å²) in [5.41, 5.74) is 5.22. The van der Waals surface area contributed by atoms with Gasteiger partial charge in [0.2, 0.25) is 5.91 Å². The fourth-order valence-electron chi connectivity index (χ4n) is 1.23. The molecule has 0 saturated carbocycles. The molecule has 0 rings (SSSR count). The number of nitrogens with two attached hydrogens (primary N) is 1. The average molecular weight is 157 g/mol. The van der Waals surface area contributed by atoms with Gasteiger partial charge in [-0.15, -0.1) is 0 Å². The molecule has 2 N–H and O–H groups in total. The Morgan fingerprint density at radius 3 is 2.27 bits per heavy atom. The minimum absolute atomic E-state index is 0.125. The molecule has 1 atom stereocenters. The van der Waals surface area contributed by atoms with Gasteiger partial charge in [0.1, 0.15) is 0 Å². The molecule has 0 aromatic rings. The van der Waals surface area contributed by atoms with Crippen LogP contribution >= 0.6 is 0 Å². The second-order valence-electron chi connectivity index (χ2n) is 3.03. The van der Waals surface area contributed by atoms with Crippen molar-refractivity contribution in [3.63, 3.8) is 0 Å². The topological polar surface area (TPSA) is 43.1 Å². The van der Waals surface area contributed by atoms with E-state index in [1.165, 1.54) is 0 Å². The van der Waals surface area contributed by atoms with Gasteiger partial charge < -0.3 is 5.73 Å². The molecule has 1 unspecified atom stereocenters. The third-order valence-corrected chi connectivity index (χ3v) is 1.95. The van der Waals surface area contributed by atoms with Crippen LogP contribution in [0.5, 0.6) is 0 Å². The molecule has 0 aromatic carbocycles. The first-order chi connectivity index (χ1) is 5.22. The molecule has 0 aliphatic heterocycles. The van der Waals surface area contributed by atoms with E-state index in [1.54, 1.807) is 0 Å². The number of hydrogen-bond donors (Lipinski definition) is 1. The summed E-state index contributed by atoms with van der Waals surface area (Å²) in [6.45, 7) is 4.21. The van der Waals surface area contributed by atoms with E-state index in [0.29, 0.717) is 0 Å². The number of primary amides is 1. The Bertz CT molecular complexity index is 112. The molecule has 0 aliphatic carbocycles. The molecule has 2 nitrogen and oxygen atoms in total. The largest absolute Gasteiger partial charge is 0.369 e. The predicted octanol–water partition coefficient (Wildman–Crippen LogP) is 2.08. The zero-order valence-electron chi connectivity index (χ0n) is 7.60. The summed E-state index contributed by atoms with van der Waals surface area (Å²) in [5.74, 6) is 0.000231. The summed E-state index contributed by atoms with van der Waals surface area (Å²) < 4.78 is 0. The van der Waals surface area contributed by atoms with E-state index in [9.17, 15) is 4.79 Å². The zero-order valence-corrected chi connectivity index (χ0v) is 7.60. The summed E-state index contributed by atoms with van der Waals surface area (Å²) in [4.78, 5) is 10.8. The van der Waals surface area contributed by atoms with Gasteiger partial charge in [0.25, 0.3) is 0 Å². The van der Waals surface area contributed by atoms with Gasteiger partial charge in [0, 0.05) is 5.92 Å². The second kappa shape index (κ2) is 6.20. The molecule has 0 spiro atoms. The number of carbonyl (C=O) groups is 1. The number of unbranched alkanes of at least 4 members (excludes halogenated alkanes) is 1. The van der Waals surface area contributed by atoms with Crippen LogP contribution in [0.1, 0.15) is 46.0 Å². The van der Waals surface area contributed by atoms with Crippen molar-refractivity contribution >= 4 is 5.91 Å². The Labute approximate surface area is 69.2 Å². The molecule has 0 heterocycles. The summed E-state index contributed by atoms with van der Waals surface area (Å²) in [6.07, 6.45) is 5.24. The molecule has 0 aliphatic rings. The standard InChI is InChI=1S/C9H19NO/c1-3-5-7-8(6-4-2)9(10)11/h8H,3-7H2,1-2H3,(H2,10,11). The van der Waals surface area contributed by atoms with E-state index in [2.05, 4.69) is 13.8 Å². The first-order valence-electron chi connectivity index (χ1n) is 4.51. The molecule has 0 aromatic heterocycles. The van der Waals surface area contributed by atoms with Crippen LogP contribution in [0.2, 0.25) is 0 Å².